The van der Waals surface area contributed by atoms with Gasteiger partial charge in [-0.1, -0.05) is 18.2 Å². The molecular weight excluding hydrogens is 598 g/mol. The standard InChI is InChI=1S/C25H31F3N7O7P/c1-3-39-21(37)13(2)34-43(38,42-15-7-5-4-6-8-15)40-11-16-18(36)25(28,22(26)27)23(41-16)35-12-30-17-19(31-14-9-10-14)32-24(29)33-20(17)35/h4-8,12-14,16,18,22-23,36H,3,9-11H2,1-2H3,(H,34,38)(H3,29,31,32,33)/t13-,16+,18+,23+,25-,43+/m0/s1. The molecule has 2 aromatic heterocycles. The Morgan fingerprint density at radius 3 is 2.67 bits per heavy atom. The van der Waals surface area contributed by atoms with Gasteiger partial charge in [-0.05, 0) is 38.8 Å². The molecule has 43 heavy (non-hydrogen) atoms. The smallest absolute Gasteiger partial charge is 0.459 e. The lowest BCUT2D eigenvalue weighted by Gasteiger charge is -2.28. The van der Waals surface area contributed by atoms with Gasteiger partial charge in [0.1, 0.15) is 24.0 Å². The van der Waals surface area contributed by atoms with Gasteiger partial charge in [-0.25, -0.2) is 22.7 Å². The number of carbonyl (C=O) groups is 1. The molecule has 1 aliphatic carbocycles. The van der Waals surface area contributed by atoms with Crippen molar-refractivity contribution in [1.29, 1.82) is 0 Å². The van der Waals surface area contributed by atoms with Gasteiger partial charge < -0.3 is 30.2 Å². The highest BCUT2D eigenvalue weighted by Crippen LogP contribution is 2.50. The van der Waals surface area contributed by atoms with E-state index in [9.17, 15) is 23.2 Å². The quantitative estimate of drug-likeness (QED) is 0.160. The molecule has 18 heteroatoms. The minimum atomic E-state index is -4.48. The number of carbonyl (C=O) groups excluding carboxylic acids is 1. The number of benzene rings is 1. The van der Waals surface area contributed by atoms with Gasteiger partial charge in [-0.3, -0.25) is 13.9 Å². The van der Waals surface area contributed by atoms with Gasteiger partial charge in [0.2, 0.25) is 11.6 Å². The summed E-state index contributed by atoms with van der Waals surface area (Å²) in [5.74, 6) is -0.683. The van der Waals surface area contributed by atoms with Crippen LogP contribution in [0.2, 0.25) is 0 Å². The van der Waals surface area contributed by atoms with E-state index >= 15 is 4.39 Å². The largest absolute Gasteiger partial charge is 0.465 e. The van der Waals surface area contributed by atoms with Crippen molar-refractivity contribution in [2.75, 3.05) is 24.3 Å². The number of aliphatic hydroxyl groups is 1. The predicted molar refractivity (Wildman–Crippen MR) is 146 cm³/mol. The summed E-state index contributed by atoms with van der Waals surface area (Å²) >= 11 is 0. The first-order valence-electron chi connectivity index (χ1n) is 13.5. The first kappa shape index (κ1) is 30.9. The molecule has 1 saturated heterocycles. The Morgan fingerprint density at radius 2 is 2.02 bits per heavy atom. The van der Waals surface area contributed by atoms with Crippen molar-refractivity contribution in [2.45, 2.75) is 69.3 Å². The minimum Gasteiger partial charge on any atom is -0.465 e. The Kier molecular flexibility index (Phi) is 8.81. The van der Waals surface area contributed by atoms with Crippen LogP contribution in [0.25, 0.3) is 11.2 Å². The lowest BCUT2D eigenvalue weighted by molar-refractivity contribution is -0.144. The van der Waals surface area contributed by atoms with Crippen LogP contribution in [0.15, 0.2) is 36.7 Å². The van der Waals surface area contributed by atoms with Crippen LogP contribution in [0.4, 0.5) is 24.9 Å². The monoisotopic (exact) mass is 629 g/mol. The second-order valence-corrected chi connectivity index (χ2v) is 11.8. The SMILES string of the molecule is CCOC(=O)[C@H](C)N[P@@](=O)(OC[C@H]1O[C@@H](n2cnc3c(NC4CC4)nc(N)nc32)[C@@](F)(C(F)F)[C@@H]1O)Oc1ccccc1. The summed E-state index contributed by atoms with van der Waals surface area (Å²) in [6.07, 6.45) is -7.34. The summed E-state index contributed by atoms with van der Waals surface area (Å²) in [7, 11) is -4.48. The van der Waals surface area contributed by atoms with E-state index in [1.807, 2.05) is 0 Å². The molecule has 2 aliphatic rings. The number of para-hydroxylation sites is 1. The number of hydrogen-bond acceptors (Lipinski definition) is 12. The van der Waals surface area contributed by atoms with Gasteiger partial charge in [0.25, 0.3) is 6.43 Å². The lowest BCUT2D eigenvalue weighted by atomic mass is 9.96. The molecule has 1 aliphatic heterocycles. The first-order valence-corrected chi connectivity index (χ1v) is 15.0. The van der Waals surface area contributed by atoms with Gasteiger partial charge >= 0.3 is 13.7 Å². The summed E-state index contributed by atoms with van der Waals surface area (Å²) in [4.78, 5) is 24.5. The number of alkyl halides is 3. The summed E-state index contributed by atoms with van der Waals surface area (Å²) < 4.78 is 80.8. The number of esters is 1. The Hall–Kier alpha value is -3.50. The number of nitrogens with two attached hydrogens (primary N) is 1. The molecule has 234 valence electrons. The molecule has 5 rings (SSSR count). The fraction of sp³-hybridized carbons (Fsp3) is 0.520. The average molecular weight is 630 g/mol. The van der Waals surface area contributed by atoms with Crippen LogP contribution >= 0.6 is 7.75 Å². The number of ether oxygens (including phenoxy) is 2. The maximum atomic E-state index is 16.1. The molecule has 5 N–H and O–H groups in total. The second kappa shape index (κ2) is 12.2. The van der Waals surface area contributed by atoms with Gasteiger partial charge in [0.15, 0.2) is 23.2 Å². The molecule has 0 bridgehead atoms. The summed E-state index contributed by atoms with van der Waals surface area (Å²) in [6.45, 7) is 2.08. The highest BCUT2D eigenvalue weighted by molar-refractivity contribution is 7.52. The third-order valence-electron chi connectivity index (χ3n) is 6.80. The van der Waals surface area contributed by atoms with E-state index < -0.39 is 56.9 Å². The molecule has 0 spiro atoms. The van der Waals surface area contributed by atoms with Crippen LogP contribution in [0, 0.1) is 0 Å². The number of nitrogen functional groups attached to an aromatic ring is 1. The van der Waals surface area contributed by atoms with Gasteiger partial charge in [-0.15, -0.1) is 0 Å². The van der Waals surface area contributed by atoms with Crippen molar-refractivity contribution in [2.24, 2.45) is 0 Å². The second-order valence-electron chi connectivity index (χ2n) is 10.1. The van der Waals surface area contributed by atoms with Crippen LogP contribution < -0.4 is 20.7 Å². The molecule has 3 aromatic rings. The number of rotatable bonds is 13. The average Bonchev–Trinajstić information content (AvgIpc) is 3.62. The molecule has 3 heterocycles. The zero-order chi connectivity index (χ0) is 30.9. The van der Waals surface area contributed by atoms with Crippen molar-refractivity contribution in [3.05, 3.63) is 36.7 Å². The number of halogens is 3. The van der Waals surface area contributed by atoms with E-state index in [1.165, 1.54) is 19.1 Å². The number of nitrogens with one attached hydrogen (secondary N) is 2. The maximum Gasteiger partial charge on any atom is 0.459 e. The third-order valence-corrected chi connectivity index (χ3v) is 8.44. The molecule has 2 fully saturated rings. The molecule has 6 atom stereocenters. The molecule has 0 radical (unpaired) electrons. The zero-order valence-corrected chi connectivity index (χ0v) is 24.0. The highest BCUT2D eigenvalue weighted by Gasteiger charge is 2.64. The van der Waals surface area contributed by atoms with Crippen LogP contribution in [-0.2, 0) is 23.4 Å². The Balaban J connectivity index is 1.41. The van der Waals surface area contributed by atoms with E-state index in [2.05, 4.69) is 25.4 Å². The number of aromatic nitrogens is 4. The van der Waals surface area contributed by atoms with Crippen LogP contribution in [0.5, 0.6) is 5.75 Å². The third kappa shape index (κ3) is 6.40. The number of anilines is 2. The summed E-state index contributed by atoms with van der Waals surface area (Å²) in [5, 5.41) is 16.3. The number of imidazole rings is 1. The molecule has 0 amide bonds. The highest BCUT2D eigenvalue weighted by atomic mass is 31.2. The van der Waals surface area contributed by atoms with Crippen molar-refractivity contribution in [3.8, 4) is 5.75 Å². The van der Waals surface area contributed by atoms with Crippen LogP contribution in [-0.4, -0.2) is 80.2 Å². The van der Waals surface area contributed by atoms with Crippen molar-refractivity contribution in [1.82, 2.24) is 24.6 Å². The van der Waals surface area contributed by atoms with Crippen molar-refractivity contribution in [3.63, 3.8) is 0 Å². The molecule has 0 unspecified atom stereocenters. The number of nitrogens with zero attached hydrogens (tertiary/aromatic N) is 4. The zero-order valence-electron chi connectivity index (χ0n) is 23.1. The van der Waals surface area contributed by atoms with E-state index in [0.29, 0.717) is 0 Å². The van der Waals surface area contributed by atoms with Crippen molar-refractivity contribution >= 4 is 36.6 Å². The van der Waals surface area contributed by atoms with E-state index in [1.54, 1.807) is 25.1 Å². The topological polar surface area (TPSA) is 185 Å². The van der Waals surface area contributed by atoms with Crippen LogP contribution in [0.3, 0.4) is 0 Å². The Labute approximate surface area is 243 Å². The first-order chi connectivity index (χ1) is 20.4. The molecule has 14 nitrogen and oxygen atoms in total. The maximum absolute atomic E-state index is 16.1. The number of hydrogen-bond donors (Lipinski definition) is 4. The van der Waals surface area contributed by atoms with E-state index in [4.69, 9.17) is 24.3 Å². The molecule has 1 aromatic carbocycles. The fourth-order valence-corrected chi connectivity index (χ4v) is 5.99. The predicted octanol–water partition coefficient (Wildman–Crippen LogP) is 2.96. The van der Waals surface area contributed by atoms with Gasteiger partial charge in [0, 0.05) is 6.04 Å². The Bertz CT molecular complexity index is 1500. The van der Waals surface area contributed by atoms with Gasteiger partial charge in [0.05, 0.1) is 19.5 Å². The van der Waals surface area contributed by atoms with E-state index in [0.717, 1.165) is 23.7 Å². The fourth-order valence-electron chi connectivity index (χ4n) is 4.49. The molecule has 1 saturated carbocycles. The number of aliphatic hydroxyl groups excluding tert-OH is 1. The summed E-state index contributed by atoms with van der Waals surface area (Å²) in [6, 6.07) is 6.68. The lowest BCUT2D eigenvalue weighted by Crippen LogP contribution is -2.49. The molecular formula is C25H31F3N7O7P. The number of fused-ring (bicyclic) bond motifs is 1. The minimum absolute atomic E-state index is 0.0445. The van der Waals surface area contributed by atoms with E-state index in [-0.39, 0.29) is 41.3 Å². The Morgan fingerprint density at radius 1 is 1.30 bits per heavy atom. The summed E-state index contributed by atoms with van der Waals surface area (Å²) in [5.41, 5.74) is 2.17. The van der Waals surface area contributed by atoms with Crippen LogP contribution in [0.1, 0.15) is 32.9 Å². The van der Waals surface area contributed by atoms with Gasteiger partial charge in [-0.2, -0.15) is 15.1 Å². The van der Waals surface area contributed by atoms with Crippen molar-refractivity contribution < 1.29 is 46.2 Å². The normalized spacial score (nSPS) is 25.9.